The van der Waals surface area contributed by atoms with E-state index in [9.17, 15) is 4.79 Å². The summed E-state index contributed by atoms with van der Waals surface area (Å²) in [5.74, 6) is 2.15. The smallest absolute Gasteiger partial charge is 0.273 e. The molecule has 4 aromatic rings. The summed E-state index contributed by atoms with van der Waals surface area (Å²) in [6, 6.07) is 18.6. The second-order valence-electron chi connectivity index (χ2n) is 6.77. The van der Waals surface area contributed by atoms with Crippen LogP contribution in [0.5, 0.6) is 0 Å². The first-order chi connectivity index (χ1) is 15.2. The minimum atomic E-state index is -0.302. The predicted octanol–water partition coefficient (Wildman–Crippen LogP) is 3.42. The number of benzene rings is 1. The summed E-state index contributed by atoms with van der Waals surface area (Å²) >= 11 is 0. The largest absolute Gasteiger partial charge is 0.367 e. The van der Waals surface area contributed by atoms with Crippen molar-refractivity contribution < 1.29 is 9.32 Å². The Morgan fingerprint density at radius 2 is 1.74 bits per heavy atom. The number of anilines is 3. The van der Waals surface area contributed by atoms with Gasteiger partial charge < -0.3 is 20.5 Å². The Kier molecular flexibility index (Phi) is 6.13. The van der Waals surface area contributed by atoms with Gasteiger partial charge in [-0.2, -0.15) is 0 Å². The first-order valence-corrected chi connectivity index (χ1v) is 9.75. The van der Waals surface area contributed by atoms with Gasteiger partial charge in [0.2, 0.25) is 0 Å². The molecule has 0 aliphatic rings. The third kappa shape index (κ3) is 5.41. The summed E-state index contributed by atoms with van der Waals surface area (Å²) in [4.78, 5) is 16.5. The number of aryl methyl sites for hydroxylation is 1. The Hall–Kier alpha value is -4.27. The van der Waals surface area contributed by atoms with Gasteiger partial charge in [-0.05, 0) is 36.8 Å². The van der Waals surface area contributed by atoms with Crippen LogP contribution in [0.25, 0.3) is 11.3 Å². The molecule has 0 aliphatic heterocycles. The lowest BCUT2D eigenvalue weighted by atomic mass is 10.1. The molecule has 4 rings (SSSR count). The molecule has 0 unspecified atom stereocenters. The third-order valence-corrected chi connectivity index (χ3v) is 4.35. The van der Waals surface area contributed by atoms with Crippen molar-refractivity contribution in [1.82, 2.24) is 25.7 Å². The van der Waals surface area contributed by atoms with Crippen molar-refractivity contribution in [3.05, 3.63) is 78.1 Å². The molecule has 3 N–H and O–H groups in total. The highest BCUT2D eigenvalue weighted by molar-refractivity contribution is 5.93. The van der Waals surface area contributed by atoms with E-state index in [1.807, 2.05) is 49.4 Å². The van der Waals surface area contributed by atoms with Crippen molar-refractivity contribution in [3.63, 3.8) is 0 Å². The summed E-state index contributed by atoms with van der Waals surface area (Å²) in [5.41, 5.74) is 2.21. The second kappa shape index (κ2) is 9.49. The lowest BCUT2D eigenvalue weighted by Gasteiger charge is -2.07. The van der Waals surface area contributed by atoms with E-state index in [1.54, 1.807) is 24.4 Å². The van der Waals surface area contributed by atoms with Gasteiger partial charge in [0.1, 0.15) is 11.6 Å². The Morgan fingerprint density at radius 1 is 0.935 bits per heavy atom. The number of carbonyl (C=O) groups is 1. The van der Waals surface area contributed by atoms with Crippen LogP contribution in [0.3, 0.4) is 0 Å². The second-order valence-corrected chi connectivity index (χ2v) is 6.77. The monoisotopic (exact) mass is 415 g/mol. The van der Waals surface area contributed by atoms with E-state index in [4.69, 9.17) is 4.52 Å². The average Bonchev–Trinajstić information content (AvgIpc) is 3.29. The number of hydrogen-bond donors (Lipinski definition) is 3. The van der Waals surface area contributed by atoms with E-state index in [0.717, 1.165) is 11.1 Å². The van der Waals surface area contributed by atoms with Crippen molar-refractivity contribution in [1.29, 1.82) is 0 Å². The molecule has 0 saturated carbocycles. The van der Waals surface area contributed by atoms with Gasteiger partial charge in [-0.1, -0.05) is 35.5 Å². The van der Waals surface area contributed by atoms with E-state index in [2.05, 4.69) is 36.3 Å². The van der Waals surface area contributed by atoms with Crippen molar-refractivity contribution in [2.24, 2.45) is 0 Å². The molecule has 31 heavy (non-hydrogen) atoms. The highest BCUT2D eigenvalue weighted by Crippen LogP contribution is 2.19. The standard InChI is InChI=1S/C22H21N7O2/c1-15-9-10-23-21(13-15)26-20-8-7-19(27-28-20)24-11-12-25-22(30)17-14-18(31-29-17)16-5-3-2-4-6-16/h2-10,13-14H,11-12H2,1H3,(H,24,27)(H,25,30)(H,23,26,28). The van der Waals surface area contributed by atoms with Crippen LogP contribution < -0.4 is 16.0 Å². The summed E-state index contributed by atoms with van der Waals surface area (Å²) < 4.78 is 5.25. The first-order valence-electron chi connectivity index (χ1n) is 9.75. The number of nitrogens with zero attached hydrogens (tertiary/aromatic N) is 4. The van der Waals surface area contributed by atoms with Crippen molar-refractivity contribution >= 4 is 23.4 Å². The Balaban J connectivity index is 1.22. The van der Waals surface area contributed by atoms with E-state index in [-0.39, 0.29) is 11.6 Å². The Bertz CT molecular complexity index is 1140. The fourth-order valence-electron chi connectivity index (χ4n) is 2.81. The molecule has 0 saturated heterocycles. The lowest BCUT2D eigenvalue weighted by molar-refractivity contribution is 0.0946. The van der Waals surface area contributed by atoms with E-state index in [1.165, 1.54) is 0 Å². The molecule has 9 heteroatoms. The zero-order chi connectivity index (χ0) is 21.5. The highest BCUT2D eigenvalue weighted by Gasteiger charge is 2.13. The molecule has 0 spiro atoms. The number of nitrogens with one attached hydrogen (secondary N) is 3. The van der Waals surface area contributed by atoms with E-state index >= 15 is 0 Å². The number of carbonyl (C=O) groups excluding carboxylic acids is 1. The summed E-state index contributed by atoms with van der Waals surface area (Å²) in [6.45, 7) is 2.87. The third-order valence-electron chi connectivity index (χ3n) is 4.35. The minimum absolute atomic E-state index is 0.235. The van der Waals surface area contributed by atoms with Crippen molar-refractivity contribution in [2.75, 3.05) is 23.7 Å². The molecule has 0 aliphatic carbocycles. The maximum absolute atomic E-state index is 12.2. The fourth-order valence-corrected chi connectivity index (χ4v) is 2.81. The fraction of sp³-hybridized carbons (Fsp3) is 0.136. The van der Waals surface area contributed by atoms with Crippen LogP contribution in [0.2, 0.25) is 0 Å². The van der Waals surface area contributed by atoms with Crippen LogP contribution in [-0.4, -0.2) is 39.3 Å². The number of hydrogen-bond acceptors (Lipinski definition) is 8. The van der Waals surface area contributed by atoms with Gasteiger partial charge in [-0.3, -0.25) is 4.79 Å². The van der Waals surface area contributed by atoms with Gasteiger partial charge in [0.05, 0.1) is 0 Å². The van der Waals surface area contributed by atoms with Gasteiger partial charge in [0, 0.05) is 30.9 Å². The normalized spacial score (nSPS) is 10.5. The number of aromatic nitrogens is 4. The van der Waals surface area contributed by atoms with Gasteiger partial charge in [0.15, 0.2) is 17.3 Å². The number of amides is 1. The molecular weight excluding hydrogens is 394 g/mol. The number of rotatable bonds is 8. The van der Waals surface area contributed by atoms with Crippen molar-refractivity contribution in [2.45, 2.75) is 6.92 Å². The molecule has 1 aromatic carbocycles. The van der Waals surface area contributed by atoms with Gasteiger partial charge >= 0.3 is 0 Å². The maximum atomic E-state index is 12.2. The molecule has 0 radical (unpaired) electrons. The lowest BCUT2D eigenvalue weighted by Crippen LogP contribution is -2.29. The SMILES string of the molecule is Cc1ccnc(Nc2ccc(NCCNC(=O)c3cc(-c4ccccc4)on3)nn2)c1. The van der Waals surface area contributed by atoms with E-state index < -0.39 is 0 Å². The zero-order valence-corrected chi connectivity index (χ0v) is 16.9. The van der Waals surface area contributed by atoms with Crippen molar-refractivity contribution in [3.8, 4) is 11.3 Å². The molecular formula is C22H21N7O2. The maximum Gasteiger partial charge on any atom is 0.273 e. The molecule has 0 fully saturated rings. The molecule has 0 atom stereocenters. The topological polar surface area (TPSA) is 118 Å². The van der Waals surface area contributed by atoms with E-state index in [0.29, 0.717) is 36.3 Å². The van der Waals surface area contributed by atoms with Crippen LogP contribution in [0, 0.1) is 6.92 Å². The average molecular weight is 415 g/mol. The highest BCUT2D eigenvalue weighted by atomic mass is 16.5. The summed E-state index contributed by atoms with van der Waals surface area (Å²) in [5, 5.41) is 21.1. The predicted molar refractivity (Wildman–Crippen MR) is 117 cm³/mol. The molecule has 3 aromatic heterocycles. The Morgan fingerprint density at radius 3 is 2.52 bits per heavy atom. The van der Waals surface area contributed by atoms with Crippen LogP contribution in [0.1, 0.15) is 16.1 Å². The first kappa shape index (κ1) is 20.0. The molecule has 1 amide bonds. The van der Waals surface area contributed by atoms with Crippen LogP contribution in [0.15, 0.2) is 71.4 Å². The molecule has 0 bridgehead atoms. The zero-order valence-electron chi connectivity index (χ0n) is 16.9. The van der Waals surface area contributed by atoms with Gasteiger partial charge in [-0.25, -0.2) is 4.98 Å². The van der Waals surface area contributed by atoms with Gasteiger partial charge in [0.25, 0.3) is 5.91 Å². The Labute approximate surface area is 178 Å². The molecule has 3 heterocycles. The molecule has 156 valence electrons. The van der Waals surface area contributed by atoms with Crippen LogP contribution in [0.4, 0.5) is 17.5 Å². The van der Waals surface area contributed by atoms with Crippen LogP contribution in [-0.2, 0) is 0 Å². The summed E-state index contributed by atoms with van der Waals surface area (Å²) in [7, 11) is 0. The van der Waals surface area contributed by atoms with Gasteiger partial charge in [-0.15, -0.1) is 10.2 Å². The quantitative estimate of drug-likeness (QED) is 0.375. The van der Waals surface area contributed by atoms with Crippen LogP contribution >= 0.6 is 0 Å². The number of pyridine rings is 1. The summed E-state index contributed by atoms with van der Waals surface area (Å²) in [6.07, 6.45) is 1.73. The molecule has 9 nitrogen and oxygen atoms in total. The minimum Gasteiger partial charge on any atom is -0.367 e.